The molecule has 0 aromatic carbocycles. The smallest absolute Gasteiger partial charge is 0.193 e. The second kappa shape index (κ2) is 10.4. The number of aromatic nitrogens is 1. The Hall–Kier alpha value is -0.410. The van der Waals surface area contributed by atoms with Gasteiger partial charge in [-0.15, -0.1) is 35.3 Å². The molecule has 0 fully saturated rings. The monoisotopic (exact) mass is 398 g/mol. The van der Waals surface area contributed by atoms with Crippen LogP contribution in [0.25, 0.3) is 0 Å². The number of methoxy groups -OCH3 is 1. The summed E-state index contributed by atoms with van der Waals surface area (Å²) < 4.78 is 5.01. The molecule has 1 aromatic rings. The van der Waals surface area contributed by atoms with Gasteiger partial charge in [-0.05, 0) is 13.3 Å². The minimum Gasteiger partial charge on any atom is -0.385 e. The minimum atomic E-state index is 0. The summed E-state index contributed by atoms with van der Waals surface area (Å²) in [6.07, 6.45) is 0.971. The largest absolute Gasteiger partial charge is 0.385 e. The number of aryl methyl sites for hydroxylation is 1. The highest BCUT2D eigenvalue weighted by atomic mass is 127. The van der Waals surface area contributed by atoms with Gasteiger partial charge in [-0.2, -0.15) is 0 Å². The lowest BCUT2D eigenvalue weighted by Crippen LogP contribution is -2.39. The van der Waals surface area contributed by atoms with Gasteiger partial charge in [-0.25, -0.2) is 4.98 Å². The van der Waals surface area contributed by atoms with Crippen molar-refractivity contribution in [3.05, 3.63) is 16.1 Å². The van der Waals surface area contributed by atoms with Crippen LogP contribution in [0.15, 0.2) is 10.4 Å². The highest BCUT2D eigenvalue weighted by Crippen LogP contribution is 2.09. The highest BCUT2D eigenvalue weighted by Gasteiger charge is 2.07. The molecule has 7 heteroatoms. The van der Waals surface area contributed by atoms with Crippen LogP contribution < -0.4 is 5.32 Å². The zero-order chi connectivity index (χ0) is 13.4. The van der Waals surface area contributed by atoms with Crippen molar-refractivity contribution in [2.24, 2.45) is 4.99 Å². The standard InChI is InChI=1S/C12H22N4OS.HI/c1-10-15-11(9-18-10)8-16(3)12(13-2)14-6-5-7-17-4;/h9H,5-8H2,1-4H3,(H,13,14);1H. The zero-order valence-corrected chi connectivity index (χ0v) is 15.1. The van der Waals surface area contributed by atoms with Crippen molar-refractivity contribution in [1.29, 1.82) is 0 Å². The topological polar surface area (TPSA) is 49.8 Å². The normalized spacial score (nSPS) is 11.1. The van der Waals surface area contributed by atoms with Gasteiger partial charge < -0.3 is 15.0 Å². The van der Waals surface area contributed by atoms with Crippen LogP contribution in [0.5, 0.6) is 0 Å². The molecule has 0 amide bonds. The molecule has 1 rings (SSSR count). The van der Waals surface area contributed by atoms with Crippen LogP contribution in [-0.2, 0) is 11.3 Å². The van der Waals surface area contributed by atoms with Gasteiger partial charge in [0.1, 0.15) is 0 Å². The Morgan fingerprint density at radius 2 is 2.32 bits per heavy atom. The fourth-order valence-electron chi connectivity index (χ4n) is 1.60. The van der Waals surface area contributed by atoms with E-state index in [4.69, 9.17) is 4.74 Å². The Bertz CT molecular complexity index is 384. The summed E-state index contributed by atoms with van der Waals surface area (Å²) in [5, 5.41) is 6.49. The van der Waals surface area contributed by atoms with Crippen LogP contribution in [0.1, 0.15) is 17.1 Å². The van der Waals surface area contributed by atoms with Gasteiger partial charge in [0.05, 0.1) is 17.2 Å². The van der Waals surface area contributed by atoms with Gasteiger partial charge in [-0.1, -0.05) is 0 Å². The lowest BCUT2D eigenvalue weighted by molar-refractivity contribution is 0.195. The van der Waals surface area contributed by atoms with Crippen LogP contribution in [0.2, 0.25) is 0 Å². The fourth-order valence-corrected chi connectivity index (χ4v) is 2.20. The van der Waals surface area contributed by atoms with E-state index in [2.05, 4.69) is 25.6 Å². The van der Waals surface area contributed by atoms with E-state index in [1.165, 1.54) is 0 Å². The molecule has 0 aliphatic rings. The van der Waals surface area contributed by atoms with E-state index in [1.807, 2.05) is 14.0 Å². The van der Waals surface area contributed by atoms with Crippen molar-refractivity contribution in [2.75, 3.05) is 34.4 Å². The van der Waals surface area contributed by atoms with Crippen LogP contribution in [-0.4, -0.2) is 50.2 Å². The van der Waals surface area contributed by atoms with Crippen molar-refractivity contribution < 1.29 is 4.74 Å². The number of nitrogens with zero attached hydrogens (tertiary/aromatic N) is 3. The summed E-state index contributed by atoms with van der Waals surface area (Å²) in [7, 11) is 5.52. The molecule has 0 radical (unpaired) electrons. The lowest BCUT2D eigenvalue weighted by atomic mass is 10.4. The number of thiazole rings is 1. The molecule has 0 saturated heterocycles. The number of guanidine groups is 1. The lowest BCUT2D eigenvalue weighted by Gasteiger charge is -2.21. The van der Waals surface area contributed by atoms with Gasteiger partial charge >= 0.3 is 0 Å². The number of rotatable bonds is 6. The third-order valence-electron chi connectivity index (χ3n) is 2.45. The van der Waals surface area contributed by atoms with Crippen molar-refractivity contribution in [1.82, 2.24) is 15.2 Å². The average Bonchev–Trinajstić information content (AvgIpc) is 2.75. The molecule has 0 bridgehead atoms. The Labute approximate surface area is 136 Å². The predicted octanol–water partition coefficient (Wildman–Crippen LogP) is 2.11. The summed E-state index contributed by atoms with van der Waals surface area (Å²) in [4.78, 5) is 10.8. The molecule has 5 nitrogen and oxygen atoms in total. The molecule has 0 atom stereocenters. The molecule has 1 heterocycles. The summed E-state index contributed by atoms with van der Waals surface area (Å²) in [6.45, 7) is 4.42. The molecule has 0 unspecified atom stereocenters. The molecule has 110 valence electrons. The maximum Gasteiger partial charge on any atom is 0.193 e. The first-order chi connectivity index (χ1) is 8.67. The molecular formula is C12H23IN4OS. The maximum absolute atomic E-state index is 5.01. The SMILES string of the molecule is CN=C(NCCCOC)N(C)Cc1csc(C)n1.I. The first-order valence-electron chi connectivity index (χ1n) is 5.99. The van der Waals surface area contributed by atoms with E-state index in [9.17, 15) is 0 Å². The molecule has 1 N–H and O–H groups in total. The Morgan fingerprint density at radius 3 is 2.84 bits per heavy atom. The Balaban J connectivity index is 0.00000324. The molecule has 0 aliphatic heterocycles. The van der Waals surface area contributed by atoms with Gasteiger partial charge in [-0.3, -0.25) is 4.99 Å². The van der Waals surface area contributed by atoms with Crippen LogP contribution in [0.4, 0.5) is 0 Å². The van der Waals surface area contributed by atoms with Gasteiger partial charge in [0, 0.05) is 39.7 Å². The third kappa shape index (κ3) is 7.07. The van der Waals surface area contributed by atoms with E-state index in [1.54, 1.807) is 25.5 Å². The second-order valence-electron chi connectivity index (χ2n) is 4.03. The van der Waals surface area contributed by atoms with E-state index >= 15 is 0 Å². The van der Waals surface area contributed by atoms with E-state index in [0.717, 1.165) is 42.8 Å². The number of nitrogens with one attached hydrogen (secondary N) is 1. The van der Waals surface area contributed by atoms with Crippen LogP contribution >= 0.6 is 35.3 Å². The van der Waals surface area contributed by atoms with Crippen molar-refractivity contribution in [3.8, 4) is 0 Å². The minimum absolute atomic E-state index is 0. The zero-order valence-electron chi connectivity index (χ0n) is 12.0. The van der Waals surface area contributed by atoms with Gasteiger partial charge in [0.2, 0.25) is 0 Å². The highest BCUT2D eigenvalue weighted by molar-refractivity contribution is 14.0. The van der Waals surface area contributed by atoms with Crippen molar-refractivity contribution in [3.63, 3.8) is 0 Å². The first-order valence-corrected chi connectivity index (χ1v) is 6.87. The van der Waals surface area contributed by atoms with Crippen LogP contribution in [0, 0.1) is 6.92 Å². The molecule has 0 saturated carbocycles. The summed E-state index contributed by atoms with van der Waals surface area (Å²) in [6, 6.07) is 0. The molecule has 19 heavy (non-hydrogen) atoms. The Kier molecular flexibility index (Phi) is 10.2. The first kappa shape index (κ1) is 18.6. The van der Waals surface area contributed by atoms with Gasteiger partial charge in [0.25, 0.3) is 0 Å². The molecule has 0 aliphatic carbocycles. The van der Waals surface area contributed by atoms with Gasteiger partial charge in [0.15, 0.2) is 5.96 Å². The van der Waals surface area contributed by atoms with E-state index in [-0.39, 0.29) is 24.0 Å². The van der Waals surface area contributed by atoms with Crippen molar-refractivity contribution in [2.45, 2.75) is 19.9 Å². The number of ether oxygens (including phenoxy) is 1. The molecule has 1 aromatic heterocycles. The molecule has 0 spiro atoms. The average molecular weight is 398 g/mol. The maximum atomic E-state index is 5.01. The summed E-state index contributed by atoms with van der Waals surface area (Å²) >= 11 is 1.68. The summed E-state index contributed by atoms with van der Waals surface area (Å²) in [5.74, 6) is 0.886. The summed E-state index contributed by atoms with van der Waals surface area (Å²) in [5.41, 5.74) is 1.08. The number of hydrogen-bond acceptors (Lipinski definition) is 4. The predicted molar refractivity (Wildman–Crippen MR) is 91.6 cm³/mol. The third-order valence-corrected chi connectivity index (χ3v) is 3.27. The number of hydrogen-bond donors (Lipinski definition) is 1. The number of aliphatic imine (C=N–C) groups is 1. The second-order valence-corrected chi connectivity index (χ2v) is 5.10. The van der Waals surface area contributed by atoms with E-state index in [0.29, 0.717) is 0 Å². The molecular weight excluding hydrogens is 375 g/mol. The fraction of sp³-hybridized carbons (Fsp3) is 0.667. The quantitative estimate of drug-likeness (QED) is 0.345. The Morgan fingerprint density at radius 1 is 1.58 bits per heavy atom. The number of halogens is 1. The van der Waals surface area contributed by atoms with Crippen molar-refractivity contribution >= 4 is 41.3 Å². The van der Waals surface area contributed by atoms with E-state index < -0.39 is 0 Å². The van der Waals surface area contributed by atoms with Crippen LogP contribution in [0.3, 0.4) is 0 Å².